The van der Waals surface area contributed by atoms with E-state index >= 15 is 0 Å². The first-order valence-electron chi connectivity index (χ1n) is 5.46. The normalized spacial score (nSPS) is 10.2. The van der Waals surface area contributed by atoms with E-state index in [1.165, 1.54) is 6.07 Å². The zero-order valence-electron chi connectivity index (χ0n) is 9.73. The van der Waals surface area contributed by atoms with Gasteiger partial charge in [0.2, 0.25) is 0 Å². The fourth-order valence-corrected chi connectivity index (χ4v) is 1.97. The molecule has 1 nitrogen and oxygen atoms in total. The molecule has 0 N–H and O–H groups in total. The van der Waals surface area contributed by atoms with Crippen molar-refractivity contribution in [3.63, 3.8) is 0 Å². The van der Waals surface area contributed by atoms with Crippen LogP contribution in [0.4, 0.5) is 8.78 Å². The zero-order valence-corrected chi connectivity index (χ0v) is 12.7. The van der Waals surface area contributed by atoms with Gasteiger partial charge in [-0.05, 0) is 11.5 Å². The smallest absolute Gasteiger partial charge is 0.0445 e. The van der Waals surface area contributed by atoms with Gasteiger partial charge < -0.3 is 0 Å². The minimum absolute atomic E-state index is 0. The summed E-state index contributed by atoms with van der Waals surface area (Å²) < 4.78 is 26.4. The molecule has 19 heavy (non-hydrogen) atoms. The molecule has 0 unspecified atom stereocenters. The van der Waals surface area contributed by atoms with Crippen LogP contribution in [0.15, 0.2) is 48.7 Å². The van der Waals surface area contributed by atoms with Crippen LogP contribution in [-0.2, 0) is 21.1 Å². The van der Waals surface area contributed by atoms with Crippen molar-refractivity contribution < 1.29 is 29.8 Å². The van der Waals surface area contributed by atoms with Gasteiger partial charge in [0.25, 0.3) is 0 Å². The Labute approximate surface area is 123 Å². The minimum Gasteiger partial charge on any atom is -0.266 e. The maximum absolute atomic E-state index is 13.2. The number of hydrogen-bond acceptors (Lipinski definition) is 1. The summed E-state index contributed by atoms with van der Waals surface area (Å²) in [7, 11) is 0. The van der Waals surface area contributed by atoms with Crippen LogP contribution < -0.4 is 0 Å². The minimum atomic E-state index is -0.710. The molecule has 0 aliphatic carbocycles. The summed E-state index contributed by atoms with van der Waals surface area (Å²) in [6, 6.07) is 13.8. The number of hydrogen-bond donors (Lipinski definition) is 0. The van der Waals surface area contributed by atoms with Gasteiger partial charge in [-0.1, -0.05) is 35.9 Å². The molecule has 0 saturated carbocycles. The van der Waals surface area contributed by atoms with Gasteiger partial charge in [0.15, 0.2) is 0 Å². The summed E-state index contributed by atoms with van der Waals surface area (Å²) in [4.78, 5) is 4.25. The van der Waals surface area contributed by atoms with Crippen LogP contribution in [0.2, 0.25) is 0 Å². The quantitative estimate of drug-likeness (QED) is 0.539. The van der Waals surface area contributed by atoms with Crippen LogP contribution >= 0.6 is 0 Å². The van der Waals surface area contributed by atoms with Crippen molar-refractivity contribution in [1.82, 2.24) is 4.98 Å². The molecule has 0 spiro atoms. The number of benzene rings is 2. The molecule has 4 heteroatoms. The Morgan fingerprint density at radius 1 is 1.00 bits per heavy atom. The molecule has 0 fully saturated rings. The monoisotopic (exact) mass is 424 g/mol. The topological polar surface area (TPSA) is 12.9 Å². The summed E-state index contributed by atoms with van der Waals surface area (Å²) in [6.45, 7) is 0. The van der Waals surface area contributed by atoms with Crippen molar-refractivity contribution in [1.29, 1.82) is 0 Å². The van der Waals surface area contributed by atoms with E-state index in [1.807, 2.05) is 24.3 Å². The second-order valence-electron chi connectivity index (χ2n) is 3.94. The van der Waals surface area contributed by atoms with Gasteiger partial charge in [-0.15, -0.1) is 17.7 Å². The van der Waals surface area contributed by atoms with Gasteiger partial charge in [-0.2, -0.15) is 0 Å². The summed E-state index contributed by atoms with van der Waals surface area (Å²) in [6.07, 6.45) is 1.65. The molecule has 1 heterocycles. The Bertz CT molecular complexity index is 703. The van der Waals surface area contributed by atoms with Crippen LogP contribution in [0.25, 0.3) is 22.0 Å². The predicted molar refractivity (Wildman–Crippen MR) is 65.9 cm³/mol. The van der Waals surface area contributed by atoms with Crippen LogP contribution in [-0.4, -0.2) is 4.98 Å². The SMILES string of the molecule is Fc1[c-]c(-c2cccc3cccnc23)cc(F)c1.[W]. The third-order valence-electron chi connectivity index (χ3n) is 2.72. The predicted octanol–water partition coefficient (Wildman–Crippen LogP) is 3.98. The van der Waals surface area contributed by atoms with Crippen LogP contribution in [0.3, 0.4) is 0 Å². The van der Waals surface area contributed by atoms with E-state index in [1.54, 1.807) is 12.3 Å². The van der Waals surface area contributed by atoms with Crippen LogP contribution in [0.5, 0.6) is 0 Å². The van der Waals surface area contributed by atoms with Crippen LogP contribution in [0, 0.1) is 17.7 Å². The molecule has 94 valence electrons. The average molecular weight is 424 g/mol. The van der Waals surface area contributed by atoms with Gasteiger partial charge in [-0.25, -0.2) is 8.78 Å². The Morgan fingerprint density at radius 3 is 2.58 bits per heavy atom. The van der Waals surface area contributed by atoms with E-state index in [0.29, 0.717) is 16.6 Å². The molecule has 0 saturated heterocycles. The number of pyridine rings is 1. The Kier molecular flexibility index (Phi) is 4.06. The van der Waals surface area contributed by atoms with Gasteiger partial charge >= 0.3 is 0 Å². The first-order valence-corrected chi connectivity index (χ1v) is 5.46. The molecular weight excluding hydrogens is 416 g/mol. The molecule has 0 atom stereocenters. The number of halogens is 2. The molecule has 0 aliphatic rings. The van der Waals surface area contributed by atoms with Gasteiger partial charge in [0, 0.05) is 44.4 Å². The second kappa shape index (κ2) is 5.58. The van der Waals surface area contributed by atoms with Crippen molar-refractivity contribution in [2.45, 2.75) is 0 Å². The first kappa shape index (κ1) is 13.8. The van der Waals surface area contributed by atoms with E-state index < -0.39 is 11.6 Å². The fourth-order valence-electron chi connectivity index (χ4n) is 1.97. The third kappa shape index (κ3) is 2.71. The van der Waals surface area contributed by atoms with Crippen molar-refractivity contribution in [2.24, 2.45) is 0 Å². The standard InChI is InChI=1S/C15H8F2N.W/c16-12-7-11(8-13(17)9-12)14-5-1-3-10-4-2-6-18-15(10)14;/h1-7,9H;/q-1;. The molecule has 3 rings (SSSR count). The summed E-state index contributed by atoms with van der Waals surface area (Å²) in [5, 5.41) is 0.924. The number of para-hydroxylation sites is 1. The van der Waals surface area contributed by atoms with Crippen molar-refractivity contribution in [3.8, 4) is 11.1 Å². The van der Waals surface area contributed by atoms with Gasteiger partial charge in [0.1, 0.15) is 0 Å². The largest absolute Gasteiger partial charge is 0.266 e. The molecule has 0 amide bonds. The summed E-state index contributed by atoms with van der Waals surface area (Å²) in [5.74, 6) is -1.33. The van der Waals surface area contributed by atoms with Gasteiger partial charge in [0.05, 0.1) is 0 Å². The second-order valence-corrected chi connectivity index (χ2v) is 3.94. The maximum Gasteiger partial charge on any atom is 0.0445 e. The molecule has 1 aromatic heterocycles. The number of fused-ring (bicyclic) bond motifs is 1. The molecule has 0 aliphatic heterocycles. The van der Waals surface area contributed by atoms with Crippen molar-refractivity contribution in [2.75, 3.05) is 0 Å². The third-order valence-corrected chi connectivity index (χ3v) is 2.72. The Hall–Kier alpha value is -1.60. The average Bonchev–Trinajstić information content (AvgIpc) is 2.37. The zero-order chi connectivity index (χ0) is 12.5. The maximum atomic E-state index is 13.2. The first-order chi connectivity index (χ1) is 8.74. The number of aromatic nitrogens is 1. The Balaban J connectivity index is 0.00000133. The molecule has 2 aromatic carbocycles. The number of nitrogens with zero attached hydrogens (tertiary/aromatic N) is 1. The summed E-state index contributed by atoms with van der Waals surface area (Å²) >= 11 is 0. The molecular formula is C15H8F2NW-. The molecule has 0 radical (unpaired) electrons. The van der Waals surface area contributed by atoms with E-state index in [2.05, 4.69) is 11.1 Å². The van der Waals surface area contributed by atoms with E-state index in [0.717, 1.165) is 11.5 Å². The number of rotatable bonds is 1. The van der Waals surface area contributed by atoms with E-state index in [-0.39, 0.29) is 21.1 Å². The Morgan fingerprint density at radius 2 is 1.79 bits per heavy atom. The van der Waals surface area contributed by atoms with E-state index in [4.69, 9.17) is 0 Å². The van der Waals surface area contributed by atoms with Gasteiger partial charge in [-0.3, -0.25) is 4.98 Å². The fraction of sp³-hybridized carbons (Fsp3) is 0. The molecule has 3 aromatic rings. The molecule has 0 bridgehead atoms. The summed E-state index contributed by atoms with van der Waals surface area (Å²) in [5.41, 5.74) is 1.75. The van der Waals surface area contributed by atoms with Crippen molar-refractivity contribution >= 4 is 10.9 Å². The van der Waals surface area contributed by atoms with Crippen molar-refractivity contribution in [3.05, 3.63) is 66.4 Å². The van der Waals surface area contributed by atoms with E-state index in [9.17, 15) is 8.78 Å². The van der Waals surface area contributed by atoms with Crippen LogP contribution in [0.1, 0.15) is 0 Å².